The van der Waals surface area contributed by atoms with Crippen LogP contribution < -0.4 is 10.6 Å². The van der Waals surface area contributed by atoms with Gasteiger partial charge in [-0.1, -0.05) is 0 Å². The Balaban J connectivity index is 2.68. The molecule has 0 bridgehead atoms. The summed E-state index contributed by atoms with van der Waals surface area (Å²) >= 11 is 0. The van der Waals surface area contributed by atoms with Crippen molar-refractivity contribution >= 4 is 25.0 Å². The molecule has 0 radical (unpaired) electrons. The Morgan fingerprint density at radius 2 is 1.79 bits per heavy atom. The molecule has 1 heterocycles. The lowest BCUT2D eigenvalue weighted by Gasteiger charge is -2.24. The van der Waals surface area contributed by atoms with Crippen LogP contribution in [0.5, 0.6) is 0 Å². The largest absolute Gasteiger partial charge is 0.358 e. The summed E-state index contributed by atoms with van der Waals surface area (Å²) in [7, 11) is -10.7. The van der Waals surface area contributed by atoms with Crippen LogP contribution >= 0.6 is 5.55 Å². The molecule has 19 heavy (non-hydrogen) atoms. The van der Waals surface area contributed by atoms with Crippen molar-refractivity contribution < 1.29 is 30.5 Å². The molecule has 12 heteroatoms. The minimum Gasteiger partial charge on any atom is -0.315 e. The first-order valence-electron chi connectivity index (χ1n) is 5.56. The van der Waals surface area contributed by atoms with Crippen LogP contribution in [0.25, 0.3) is 0 Å². The molecule has 114 valence electrons. The van der Waals surface area contributed by atoms with Crippen molar-refractivity contribution in [2.45, 2.75) is 18.9 Å². The Morgan fingerprint density at radius 1 is 1.21 bits per heavy atom. The molecular formula is C7H17N2O7PS2. The van der Waals surface area contributed by atoms with Crippen LogP contribution in [-0.2, 0) is 24.0 Å². The zero-order valence-corrected chi connectivity index (χ0v) is 12.5. The third-order valence-corrected chi connectivity index (χ3v) is 13.7. The normalized spacial score (nSPS) is 22.3. The lowest BCUT2D eigenvalue weighted by molar-refractivity contribution is 0.397. The van der Waals surface area contributed by atoms with Crippen LogP contribution in [0.1, 0.15) is 12.8 Å². The molecule has 0 aromatic heterocycles. The van der Waals surface area contributed by atoms with E-state index in [9.17, 15) is 21.4 Å². The van der Waals surface area contributed by atoms with Crippen molar-refractivity contribution in [3.05, 3.63) is 0 Å². The second kappa shape index (κ2) is 6.17. The summed E-state index contributed by atoms with van der Waals surface area (Å²) in [6.07, 6.45) is 0.849. The lowest BCUT2D eigenvalue weighted by Crippen LogP contribution is -2.44. The highest BCUT2D eigenvalue weighted by molar-refractivity contribution is 8.82. The predicted molar refractivity (Wildman–Crippen MR) is 69.5 cm³/mol. The van der Waals surface area contributed by atoms with Crippen molar-refractivity contribution in [1.29, 1.82) is 0 Å². The van der Waals surface area contributed by atoms with E-state index in [1.54, 1.807) is 0 Å². The molecule has 1 aliphatic heterocycles. The zero-order chi connectivity index (χ0) is 14.7. The average molecular weight is 336 g/mol. The van der Waals surface area contributed by atoms with Gasteiger partial charge < -0.3 is 10.6 Å². The second-order valence-corrected chi connectivity index (χ2v) is 14.7. The van der Waals surface area contributed by atoms with E-state index in [0.717, 1.165) is 19.4 Å². The van der Waals surface area contributed by atoms with E-state index in [4.69, 9.17) is 9.11 Å². The summed E-state index contributed by atoms with van der Waals surface area (Å²) in [6, 6.07) is 0.00462. The highest BCUT2D eigenvalue weighted by Gasteiger charge is 2.48. The highest BCUT2D eigenvalue weighted by atomic mass is 33.1. The fraction of sp³-hybridized carbons (Fsp3) is 1.00. The molecule has 0 spiro atoms. The summed E-state index contributed by atoms with van der Waals surface area (Å²) in [5, 5.41) is 5.91. The predicted octanol–water partition coefficient (Wildman–Crippen LogP) is -0.703. The van der Waals surface area contributed by atoms with Crippen LogP contribution in [0.3, 0.4) is 0 Å². The first-order chi connectivity index (χ1) is 8.58. The van der Waals surface area contributed by atoms with Gasteiger partial charge in [-0.3, -0.25) is 13.7 Å². The number of nitrogens with one attached hydrogen (secondary N) is 2. The summed E-state index contributed by atoms with van der Waals surface area (Å²) in [5.41, 5.74) is -5.18. The first-order valence-corrected chi connectivity index (χ1v) is 11.5. The first kappa shape index (κ1) is 17.0. The Morgan fingerprint density at radius 3 is 2.21 bits per heavy atom. The van der Waals surface area contributed by atoms with Gasteiger partial charge in [0.25, 0.3) is 0 Å². The fourth-order valence-electron chi connectivity index (χ4n) is 1.78. The third kappa shape index (κ3) is 4.22. The van der Waals surface area contributed by atoms with Gasteiger partial charge in [0, 0.05) is 25.3 Å². The molecule has 9 nitrogen and oxygen atoms in total. The Hall–Kier alpha value is -0.0300. The monoisotopic (exact) mass is 336 g/mol. The second-order valence-electron chi connectivity index (χ2n) is 4.23. The minimum absolute atomic E-state index is 0.00462. The molecule has 4 N–H and O–H groups in total. The Bertz CT molecular complexity index is 516. The molecule has 0 aromatic carbocycles. The molecule has 1 atom stereocenters. The van der Waals surface area contributed by atoms with Crippen molar-refractivity contribution in [3.63, 3.8) is 0 Å². The van der Waals surface area contributed by atoms with Gasteiger partial charge in [-0.2, -0.15) is 16.8 Å². The van der Waals surface area contributed by atoms with Crippen LogP contribution in [0.15, 0.2) is 0 Å². The quantitative estimate of drug-likeness (QED) is 0.364. The highest BCUT2D eigenvalue weighted by Crippen LogP contribution is 2.56. The molecule has 1 fully saturated rings. The van der Waals surface area contributed by atoms with Gasteiger partial charge in [0.2, 0.25) is 0 Å². The van der Waals surface area contributed by atoms with Gasteiger partial charge in [-0.05, 0) is 19.4 Å². The van der Waals surface area contributed by atoms with Crippen molar-refractivity contribution in [2.24, 2.45) is 0 Å². The van der Waals surface area contributed by atoms with E-state index in [1.807, 2.05) is 0 Å². The molecule has 0 aromatic rings. The molecule has 1 aliphatic rings. The molecule has 1 saturated heterocycles. The summed E-state index contributed by atoms with van der Waals surface area (Å²) in [6.45, 7) is 1.29. The van der Waals surface area contributed by atoms with Crippen LogP contribution in [0.2, 0.25) is 0 Å². The minimum atomic E-state index is -5.36. The topological polar surface area (TPSA) is 150 Å². The number of piperidine rings is 1. The molecule has 1 rings (SSSR count). The summed E-state index contributed by atoms with van der Waals surface area (Å²) in [5.74, 6) is 0. The maximum Gasteiger partial charge on any atom is 0.358 e. The van der Waals surface area contributed by atoms with Gasteiger partial charge in [0.15, 0.2) is 0 Å². The standard InChI is InChI=1S/C7H17N2O7PS2/c10-17(18(11,12)13,19(14,15)16)5-4-9-7-2-1-3-8-6-7/h7-9H,1-6H2,(H,11,12,13)(H,14,15,16). The van der Waals surface area contributed by atoms with Crippen LogP contribution in [0.4, 0.5) is 0 Å². The molecule has 1 unspecified atom stereocenters. The van der Waals surface area contributed by atoms with Crippen LogP contribution in [0, 0.1) is 0 Å². The molecular weight excluding hydrogens is 319 g/mol. The number of hydrogen-bond acceptors (Lipinski definition) is 7. The Kier molecular flexibility index (Phi) is 5.52. The van der Waals surface area contributed by atoms with Gasteiger partial charge in [-0.15, -0.1) is 0 Å². The van der Waals surface area contributed by atoms with E-state index in [1.165, 1.54) is 0 Å². The van der Waals surface area contributed by atoms with E-state index in [-0.39, 0.29) is 12.6 Å². The van der Waals surface area contributed by atoms with Gasteiger partial charge in [0.1, 0.15) is 0 Å². The van der Waals surface area contributed by atoms with E-state index in [0.29, 0.717) is 6.54 Å². The van der Waals surface area contributed by atoms with Gasteiger partial charge >= 0.3 is 25.0 Å². The van der Waals surface area contributed by atoms with Gasteiger partial charge in [0.05, 0.1) is 0 Å². The number of rotatable bonds is 6. The Labute approximate surface area is 111 Å². The summed E-state index contributed by atoms with van der Waals surface area (Å²) in [4.78, 5) is 0. The summed E-state index contributed by atoms with van der Waals surface area (Å²) < 4.78 is 72.8. The smallest absolute Gasteiger partial charge is 0.315 e. The fourth-order valence-corrected chi connectivity index (χ4v) is 7.67. The van der Waals surface area contributed by atoms with Crippen molar-refractivity contribution in [3.8, 4) is 0 Å². The van der Waals surface area contributed by atoms with E-state index < -0.39 is 31.2 Å². The van der Waals surface area contributed by atoms with E-state index >= 15 is 0 Å². The third-order valence-electron chi connectivity index (χ3n) is 2.82. The molecule has 0 saturated carbocycles. The maximum absolute atomic E-state index is 11.8. The lowest BCUT2D eigenvalue weighted by atomic mass is 10.1. The SMILES string of the molecule is O=P(CCNC1CCCNC1)(S(=O)(=O)O)S(=O)(=O)O. The van der Waals surface area contributed by atoms with Crippen LogP contribution in [-0.4, -0.2) is 57.8 Å². The van der Waals surface area contributed by atoms with Crippen molar-refractivity contribution in [2.75, 3.05) is 25.8 Å². The average Bonchev–Trinajstić information content (AvgIpc) is 2.27. The molecule has 0 amide bonds. The van der Waals surface area contributed by atoms with Gasteiger partial charge in [-0.25, -0.2) is 0 Å². The maximum atomic E-state index is 11.8. The van der Waals surface area contributed by atoms with E-state index in [2.05, 4.69) is 10.6 Å². The molecule has 0 aliphatic carbocycles. The number of hydrogen-bond donors (Lipinski definition) is 4. The zero-order valence-electron chi connectivity index (χ0n) is 10.0. The van der Waals surface area contributed by atoms with Crippen molar-refractivity contribution in [1.82, 2.24) is 10.6 Å².